The summed E-state index contributed by atoms with van der Waals surface area (Å²) in [5.41, 5.74) is 7.89. The highest BCUT2D eigenvalue weighted by molar-refractivity contribution is 8.12. The number of nitriles is 1. The molecular weight excluding hydrogens is 593 g/mol. The van der Waals surface area contributed by atoms with Crippen molar-refractivity contribution in [2.24, 2.45) is 4.99 Å². The highest BCUT2D eigenvalue weighted by atomic mass is 32.2. The van der Waals surface area contributed by atoms with Crippen molar-refractivity contribution >= 4 is 38.7 Å². The summed E-state index contributed by atoms with van der Waals surface area (Å²) >= 11 is 1.71. The van der Waals surface area contributed by atoms with E-state index in [1.165, 1.54) is 0 Å². The van der Waals surface area contributed by atoms with Gasteiger partial charge in [0.15, 0.2) is 0 Å². The molecule has 1 atom stereocenters. The van der Waals surface area contributed by atoms with Gasteiger partial charge in [0.25, 0.3) is 0 Å². The summed E-state index contributed by atoms with van der Waals surface area (Å²) in [6, 6.07) is 31.1. The van der Waals surface area contributed by atoms with Crippen LogP contribution in [0.15, 0.2) is 96.0 Å². The molecule has 1 heterocycles. The number of hydrogen-bond acceptors (Lipinski definition) is 8. The number of rotatable bonds is 13. The lowest BCUT2D eigenvalue weighted by Crippen LogP contribution is -2.23. The molecule has 4 aromatic carbocycles. The fraction of sp³-hybridized carbons (Fsp3) is 0.235. The van der Waals surface area contributed by atoms with Crippen LogP contribution >= 0.6 is 11.8 Å². The van der Waals surface area contributed by atoms with E-state index in [0.29, 0.717) is 42.8 Å². The molecule has 8 nitrogen and oxygen atoms in total. The lowest BCUT2D eigenvalue weighted by molar-refractivity contribution is 0.123. The molecule has 0 radical (unpaired) electrons. The Hall–Kier alpha value is -4.30. The largest absolute Gasteiger partial charge is 0.457 e. The molecular formula is C34H34N4O4S2. The summed E-state index contributed by atoms with van der Waals surface area (Å²) in [6.45, 7) is 5.03. The molecule has 0 amide bonds. The molecule has 1 unspecified atom stereocenters. The minimum atomic E-state index is -3.43. The predicted molar refractivity (Wildman–Crippen MR) is 178 cm³/mol. The van der Waals surface area contributed by atoms with Crippen molar-refractivity contribution in [1.29, 1.82) is 5.26 Å². The molecule has 10 heteroatoms. The van der Waals surface area contributed by atoms with Crippen LogP contribution in [0.1, 0.15) is 27.8 Å². The Labute approximate surface area is 263 Å². The maximum Gasteiger partial charge on any atom is 0.229 e. The Morgan fingerprint density at radius 2 is 1.66 bits per heavy atom. The molecule has 0 fully saturated rings. The smallest absolute Gasteiger partial charge is 0.229 e. The fourth-order valence-corrected chi connectivity index (χ4v) is 6.17. The molecule has 0 aromatic heterocycles. The number of nitrogens with one attached hydrogen (secondary N) is 1. The van der Waals surface area contributed by atoms with E-state index in [1.807, 2.05) is 85.3 Å². The van der Waals surface area contributed by atoms with Crippen LogP contribution in [-0.4, -0.2) is 38.6 Å². The summed E-state index contributed by atoms with van der Waals surface area (Å²) < 4.78 is 38.6. The molecule has 0 saturated heterocycles. The van der Waals surface area contributed by atoms with E-state index in [0.717, 1.165) is 52.2 Å². The molecule has 0 saturated carbocycles. The van der Waals surface area contributed by atoms with Crippen LogP contribution in [-0.2, 0) is 34.5 Å². The van der Waals surface area contributed by atoms with Crippen LogP contribution in [0, 0.1) is 18.3 Å². The lowest BCUT2D eigenvalue weighted by Gasteiger charge is -2.28. The number of benzene rings is 4. The number of ether oxygens (including phenoxy) is 2. The van der Waals surface area contributed by atoms with Crippen LogP contribution in [0.25, 0.3) is 0 Å². The Kier molecular flexibility index (Phi) is 10.2. The molecule has 226 valence electrons. The number of thioether (sulfide) groups is 1. The zero-order valence-electron chi connectivity index (χ0n) is 24.6. The van der Waals surface area contributed by atoms with Gasteiger partial charge in [-0.2, -0.15) is 5.26 Å². The van der Waals surface area contributed by atoms with Crippen molar-refractivity contribution < 1.29 is 17.9 Å². The minimum Gasteiger partial charge on any atom is -0.457 e. The third-order valence-corrected chi connectivity index (χ3v) is 8.57. The Morgan fingerprint density at radius 3 is 2.32 bits per heavy atom. The highest BCUT2D eigenvalue weighted by Gasteiger charge is 2.16. The third kappa shape index (κ3) is 8.86. The first-order valence-corrected chi connectivity index (χ1v) is 17.0. The summed E-state index contributed by atoms with van der Waals surface area (Å²) in [4.78, 5) is 6.43. The number of aliphatic imine (C=N–C) groups is 1. The molecule has 1 aliphatic heterocycles. The topological polar surface area (TPSA) is 104 Å². The Balaban J connectivity index is 1.29. The van der Waals surface area contributed by atoms with Crippen molar-refractivity contribution in [2.45, 2.75) is 31.9 Å². The van der Waals surface area contributed by atoms with Crippen LogP contribution in [0.5, 0.6) is 11.5 Å². The number of nitrogens with zero attached hydrogens (tertiary/aromatic N) is 3. The number of hydrogen-bond donors (Lipinski definition) is 1. The summed E-state index contributed by atoms with van der Waals surface area (Å²) in [6.07, 6.45) is 1.15. The van der Waals surface area contributed by atoms with Crippen molar-refractivity contribution in [3.05, 3.63) is 119 Å². The maximum atomic E-state index is 12.0. The van der Waals surface area contributed by atoms with Gasteiger partial charge in [-0.15, -0.1) is 11.8 Å². The van der Waals surface area contributed by atoms with E-state index < -0.39 is 10.0 Å². The van der Waals surface area contributed by atoms with E-state index in [2.05, 4.69) is 20.7 Å². The first-order chi connectivity index (χ1) is 21.3. The molecule has 0 bridgehead atoms. The van der Waals surface area contributed by atoms with Crippen LogP contribution in [0.4, 0.5) is 11.4 Å². The van der Waals surface area contributed by atoms with Gasteiger partial charge in [-0.3, -0.25) is 9.71 Å². The summed E-state index contributed by atoms with van der Waals surface area (Å²) in [5, 5.41) is 9.60. The van der Waals surface area contributed by atoms with Crippen molar-refractivity contribution in [3.63, 3.8) is 0 Å². The average Bonchev–Trinajstić information content (AvgIpc) is 3.53. The summed E-state index contributed by atoms with van der Waals surface area (Å²) in [7, 11) is -3.43. The normalized spacial score (nSPS) is 14.2. The molecule has 4 aromatic rings. The van der Waals surface area contributed by atoms with E-state index in [-0.39, 0.29) is 0 Å². The van der Waals surface area contributed by atoms with Gasteiger partial charge in [-0.1, -0.05) is 42.5 Å². The molecule has 1 aliphatic rings. The highest BCUT2D eigenvalue weighted by Crippen LogP contribution is 2.31. The first kappa shape index (κ1) is 31.1. The lowest BCUT2D eigenvalue weighted by atomic mass is 10.1. The Bertz CT molecular complexity index is 1740. The SMILES string of the molecule is Cc1c(NS(C)(=O)=O)cccc1N(Cc1ccc(C#N)cc1)Cc1ccc(Oc2cccc(COCC3CN=CS3)c2)cc1. The van der Waals surface area contributed by atoms with E-state index in [9.17, 15) is 13.7 Å². The summed E-state index contributed by atoms with van der Waals surface area (Å²) in [5.74, 6) is 1.46. The second-order valence-electron chi connectivity index (χ2n) is 10.6. The maximum absolute atomic E-state index is 12.0. The first-order valence-electron chi connectivity index (χ1n) is 14.1. The van der Waals surface area contributed by atoms with Gasteiger partial charge in [0.1, 0.15) is 11.5 Å². The van der Waals surface area contributed by atoms with Gasteiger partial charge in [-0.25, -0.2) is 8.42 Å². The second kappa shape index (κ2) is 14.4. The van der Waals surface area contributed by atoms with Crippen molar-refractivity contribution in [2.75, 3.05) is 29.0 Å². The minimum absolute atomic E-state index is 0.394. The standard InChI is InChI=1S/C34H34N4O4S2/c1-25-33(37-44(2,39)40)7-4-8-34(25)38(20-27-11-9-26(18-35)10-12-27)21-28-13-15-30(16-14-28)42-31-6-3-5-29(17-31)22-41-23-32-19-36-24-43-32/h3-17,24,32,37H,19-23H2,1-2H3. The van der Waals surface area contributed by atoms with Gasteiger partial charge in [0, 0.05) is 18.8 Å². The zero-order chi connectivity index (χ0) is 30.9. The van der Waals surface area contributed by atoms with Gasteiger partial charge in [-0.05, 0) is 77.7 Å². The van der Waals surface area contributed by atoms with E-state index >= 15 is 0 Å². The molecule has 1 N–H and O–H groups in total. The van der Waals surface area contributed by atoms with Crippen LogP contribution in [0.2, 0.25) is 0 Å². The van der Waals surface area contributed by atoms with E-state index in [4.69, 9.17) is 9.47 Å². The van der Waals surface area contributed by atoms with Gasteiger partial charge >= 0.3 is 0 Å². The van der Waals surface area contributed by atoms with E-state index in [1.54, 1.807) is 30.0 Å². The average molecular weight is 627 g/mol. The second-order valence-corrected chi connectivity index (χ2v) is 13.5. The number of sulfonamides is 1. The van der Waals surface area contributed by atoms with Crippen molar-refractivity contribution in [1.82, 2.24) is 0 Å². The van der Waals surface area contributed by atoms with Crippen LogP contribution < -0.4 is 14.4 Å². The van der Waals surface area contributed by atoms with Crippen LogP contribution in [0.3, 0.4) is 0 Å². The molecule has 44 heavy (non-hydrogen) atoms. The van der Waals surface area contributed by atoms with Crippen molar-refractivity contribution in [3.8, 4) is 17.6 Å². The molecule has 0 spiro atoms. The quantitative estimate of drug-likeness (QED) is 0.172. The third-order valence-electron chi connectivity index (χ3n) is 7.04. The molecule has 0 aliphatic carbocycles. The number of anilines is 2. The molecule has 5 rings (SSSR count). The van der Waals surface area contributed by atoms with Gasteiger partial charge < -0.3 is 14.4 Å². The fourth-order valence-electron chi connectivity index (χ4n) is 4.86. The van der Waals surface area contributed by atoms with Gasteiger partial charge in [0.2, 0.25) is 10.0 Å². The Morgan fingerprint density at radius 1 is 0.955 bits per heavy atom. The monoisotopic (exact) mass is 626 g/mol. The van der Waals surface area contributed by atoms with Gasteiger partial charge in [0.05, 0.1) is 54.1 Å². The zero-order valence-corrected chi connectivity index (χ0v) is 26.3. The predicted octanol–water partition coefficient (Wildman–Crippen LogP) is 6.90.